The van der Waals surface area contributed by atoms with Crippen molar-refractivity contribution in [1.82, 2.24) is 15.2 Å². The summed E-state index contributed by atoms with van der Waals surface area (Å²) in [5, 5.41) is 10.5. The van der Waals surface area contributed by atoms with Gasteiger partial charge >= 0.3 is 6.03 Å². The first-order valence-electron chi connectivity index (χ1n) is 7.41. The van der Waals surface area contributed by atoms with E-state index < -0.39 is 0 Å². The maximum absolute atomic E-state index is 12.7. The number of carbonyl (C=O) groups is 1. The second-order valence-corrected chi connectivity index (χ2v) is 5.50. The number of anilines is 3. The molecule has 22 heavy (non-hydrogen) atoms. The van der Waals surface area contributed by atoms with Crippen molar-refractivity contribution in [3.05, 3.63) is 36.7 Å². The SMILES string of the molecule is O=C(Nc1cccnn1)N1c2ncccc2N2CCCC1C2. The molecule has 0 saturated carbocycles. The molecular weight excluding hydrogens is 280 g/mol. The number of fused-ring (bicyclic) bond motifs is 4. The summed E-state index contributed by atoms with van der Waals surface area (Å²) in [4.78, 5) is 21.2. The van der Waals surface area contributed by atoms with Crippen molar-refractivity contribution < 1.29 is 4.79 Å². The van der Waals surface area contributed by atoms with Crippen molar-refractivity contribution in [2.75, 3.05) is 28.2 Å². The van der Waals surface area contributed by atoms with Crippen molar-refractivity contribution in [2.24, 2.45) is 0 Å². The molecule has 1 saturated heterocycles. The zero-order valence-electron chi connectivity index (χ0n) is 12.0. The van der Waals surface area contributed by atoms with Gasteiger partial charge in [-0.1, -0.05) is 0 Å². The molecule has 4 heterocycles. The van der Waals surface area contributed by atoms with Crippen molar-refractivity contribution >= 4 is 23.4 Å². The van der Waals surface area contributed by atoms with Crippen LogP contribution in [0.15, 0.2) is 36.7 Å². The van der Waals surface area contributed by atoms with Gasteiger partial charge in [0.15, 0.2) is 11.6 Å². The zero-order valence-corrected chi connectivity index (χ0v) is 12.0. The molecule has 1 unspecified atom stereocenters. The highest BCUT2D eigenvalue weighted by Gasteiger charge is 2.37. The molecular formula is C15H16N6O. The van der Waals surface area contributed by atoms with Gasteiger partial charge in [0.2, 0.25) is 0 Å². The summed E-state index contributed by atoms with van der Waals surface area (Å²) < 4.78 is 0. The van der Waals surface area contributed by atoms with Crippen LogP contribution in [0.4, 0.5) is 22.1 Å². The van der Waals surface area contributed by atoms with Crippen LogP contribution in [0.1, 0.15) is 12.8 Å². The van der Waals surface area contributed by atoms with Gasteiger partial charge in [-0.25, -0.2) is 9.78 Å². The molecule has 0 aromatic carbocycles. The fraction of sp³-hybridized carbons (Fsp3) is 0.333. The molecule has 112 valence electrons. The van der Waals surface area contributed by atoms with E-state index in [0.717, 1.165) is 37.4 Å². The van der Waals surface area contributed by atoms with Crippen molar-refractivity contribution in [1.29, 1.82) is 0 Å². The van der Waals surface area contributed by atoms with Crippen molar-refractivity contribution in [2.45, 2.75) is 18.9 Å². The number of amides is 2. The lowest BCUT2D eigenvalue weighted by Gasteiger charge is -2.45. The smallest absolute Gasteiger partial charge is 0.329 e. The van der Waals surface area contributed by atoms with Crippen molar-refractivity contribution in [3.63, 3.8) is 0 Å². The Morgan fingerprint density at radius 1 is 1.27 bits per heavy atom. The summed E-state index contributed by atoms with van der Waals surface area (Å²) in [6, 6.07) is 7.34. The first-order valence-corrected chi connectivity index (χ1v) is 7.41. The first kappa shape index (κ1) is 13.0. The molecule has 0 aliphatic carbocycles. The molecule has 2 aliphatic rings. The normalized spacial score (nSPS) is 19.5. The molecule has 0 radical (unpaired) electrons. The number of nitrogens with one attached hydrogen (secondary N) is 1. The Labute approximate surface area is 128 Å². The van der Waals surface area contributed by atoms with E-state index in [2.05, 4.69) is 25.4 Å². The number of nitrogens with zero attached hydrogens (tertiary/aromatic N) is 5. The van der Waals surface area contributed by atoms with Gasteiger partial charge in [-0.2, -0.15) is 5.10 Å². The van der Waals surface area contributed by atoms with Crippen LogP contribution < -0.4 is 15.1 Å². The standard InChI is InChI=1S/C15H16N6O/c22-15(18-13-6-2-8-17-19-13)21-11-4-3-9-20(10-11)12-5-1-7-16-14(12)21/h1-2,5-8,11H,3-4,9-10H2,(H,18,19,22). The zero-order chi connectivity index (χ0) is 14.9. The Morgan fingerprint density at radius 2 is 2.18 bits per heavy atom. The van der Waals surface area contributed by atoms with Gasteiger partial charge in [0.05, 0.1) is 11.7 Å². The number of rotatable bonds is 1. The van der Waals surface area contributed by atoms with Crippen LogP contribution >= 0.6 is 0 Å². The molecule has 1 atom stereocenters. The van der Waals surface area contributed by atoms with E-state index in [1.165, 1.54) is 0 Å². The number of hydrogen-bond donors (Lipinski definition) is 1. The average Bonchev–Trinajstić information content (AvgIpc) is 2.56. The Kier molecular flexibility index (Phi) is 3.10. The van der Waals surface area contributed by atoms with Crippen LogP contribution in [0.5, 0.6) is 0 Å². The first-order chi connectivity index (χ1) is 10.8. The lowest BCUT2D eigenvalue weighted by Crippen LogP contribution is -2.56. The predicted octanol–water partition coefficient (Wildman–Crippen LogP) is 1.89. The molecule has 7 nitrogen and oxygen atoms in total. The number of urea groups is 1. The van der Waals surface area contributed by atoms with E-state index in [1.54, 1.807) is 29.4 Å². The minimum atomic E-state index is -0.202. The summed E-state index contributed by atoms with van der Waals surface area (Å²) in [7, 11) is 0. The summed E-state index contributed by atoms with van der Waals surface area (Å²) in [6.45, 7) is 1.88. The Hall–Kier alpha value is -2.70. The van der Waals surface area contributed by atoms with Crippen LogP contribution in [-0.2, 0) is 0 Å². The Balaban J connectivity index is 1.68. The highest BCUT2D eigenvalue weighted by atomic mass is 16.2. The molecule has 2 aromatic heterocycles. The Morgan fingerprint density at radius 3 is 3.05 bits per heavy atom. The third-order valence-electron chi connectivity index (χ3n) is 4.12. The van der Waals surface area contributed by atoms with Gasteiger partial charge in [0.25, 0.3) is 0 Å². The molecule has 1 fully saturated rings. The maximum atomic E-state index is 12.7. The van der Waals surface area contributed by atoms with Gasteiger partial charge in [-0.3, -0.25) is 10.2 Å². The molecule has 7 heteroatoms. The van der Waals surface area contributed by atoms with Gasteiger partial charge in [-0.05, 0) is 37.1 Å². The van der Waals surface area contributed by atoms with E-state index in [-0.39, 0.29) is 12.1 Å². The highest BCUT2D eigenvalue weighted by molar-refractivity contribution is 6.03. The van der Waals surface area contributed by atoms with E-state index >= 15 is 0 Å². The Bertz CT molecular complexity index is 691. The molecule has 1 N–H and O–H groups in total. The largest absolute Gasteiger partial charge is 0.366 e. The summed E-state index contributed by atoms with van der Waals surface area (Å²) in [5.41, 5.74) is 1.02. The van der Waals surface area contributed by atoms with Crippen LogP contribution in [-0.4, -0.2) is 40.3 Å². The lowest BCUT2D eigenvalue weighted by atomic mass is 10.00. The fourth-order valence-electron chi connectivity index (χ4n) is 3.18. The fourth-order valence-corrected chi connectivity index (χ4v) is 3.18. The van der Waals surface area contributed by atoms with Gasteiger partial charge in [0.1, 0.15) is 0 Å². The minimum Gasteiger partial charge on any atom is -0.366 e. The van der Waals surface area contributed by atoms with E-state index in [9.17, 15) is 4.79 Å². The van der Waals surface area contributed by atoms with Gasteiger partial charge in [0, 0.05) is 25.5 Å². The van der Waals surface area contributed by atoms with Crippen LogP contribution in [0.2, 0.25) is 0 Å². The summed E-state index contributed by atoms with van der Waals surface area (Å²) in [6.07, 6.45) is 5.37. The third-order valence-corrected chi connectivity index (χ3v) is 4.12. The van der Waals surface area contributed by atoms with Crippen LogP contribution in [0.3, 0.4) is 0 Å². The summed E-state index contributed by atoms with van der Waals surface area (Å²) >= 11 is 0. The second-order valence-electron chi connectivity index (χ2n) is 5.50. The number of piperidine rings is 1. The lowest BCUT2D eigenvalue weighted by molar-refractivity contribution is 0.252. The predicted molar refractivity (Wildman–Crippen MR) is 83.0 cm³/mol. The minimum absolute atomic E-state index is 0.146. The van der Waals surface area contributed by atoms with E-state index in [1.807, 2.05) is 12.1 Å². The van der Waals surface area contributed by atoms with E-state index in [4.69, 9.17) is 0 Å². The van der Waals surface area contributed by atoms with Gasteiger partial charge < -0.3 is 4.90 Å². The van der Waals surface area contributed by atoms with Crippen LogP contribution in [0.25, 0.3) is 0 Å². The number of pyridine rings is 1. The molecule has 4 rings (SSSR count). The molecule has 2 bridgehead atoms. The van der Waals surface area contributed by atoms with Crippen molar-refractivity contribution in [3.8, 4) is 0 Å². The van der Waals surface area contributed by atoms with Crippen LogP contribution in [0, 0.1) is 0 Å². The molecule has 2 aliphatic heterocycles. The van der Waals surface area contributed by atoms with E-state index in [0.29, 0.717) is 5.82 Å². The van der Waals surface area contributed by atoms with Gasteiger partial charge in [-0.15, -0.1) is 5.10 Å². The number of aromatic nitrogens is 3. The second kappa shape index (κ2) is 5.25. The number of carbonyl (C=O) groups excluding carboxylic acids is 1. The molecule has 2 amide bonds. The molecule has 2 aromatic rings. The maximum Gasteiger partial charge on any atom is 0.329 e. The topological polar surface area (TPSA) is 74.2 Å². The highest BCUT2D eigenvalue weighted by Crippen LogP contribution is 2.37. The quantitative estimate of drug-likeness (QED) is 0.870. The average molecular weight is 296 g/mol. The summed E-state index contributed by atoms with van der Waals surface area (Å²) in [5.74, 6) is 1.17. The third kappa shape index (κ3) is 2.14. The molecule has 0 spiro atoms. The monoisotopic (exact) mass is 296 g/mol. The number of hydrogen-bond acceptors (Lipinski definition) is 5.